The molecule has 0 bridgehead atoms. The number of phenols is 2. The number of para-hydroxylation sites is 1. The molecule has 0 unspecified atom stereocenters. The van der Waals surface area contributed by atoms with Gasteiger partial charge in [-0.3, -0.25) is 4.79 Å². The number of rotatable bonds is 4. The van der Waals surface area contributed by atoms with Gasteiger partial charge < -0.3 is 19.8 Å². The highest BCUT2D eigenvalue weighted by Crippen LogP contribution is 2.30. The van der Waals surface area contributed by atoms with Gasteiger partial charge in [0.05, 0.1) is 12.7 Å². The number of hydrogen-bond acceptors (Lipinski definition) is 4. The Kier molecular flexibility index (Phi) is 4.33. The second kappa shape index (κ2) is 6.17. The van der Waals surface area contributed by atoms with E-state index in [1.54, 1.807) is 49.5 Å². The first kappa shape index (κ1) is 14.7. The normalized spacial score (nSPS) is 10.2. The van der Waals surface area contributed by atoms with Crippen LogP contribution in [0.3, 0.4) is 0 Å². The highest BCUT2D eigenvalue weighted by Gasteiger charge is 2.18. The molecule has 21 heavy (non-hydrogen) atoms. The number of amides is 1. The van der Waals surface area contributed by atoms with Crippen LogP contribution >= 0.6 is 0 Å². The van der Waals surface area contributed by atoms with Crippen molar-refractivity contribution in [3.8, 4) is 17.2 Å². The number of carbonyl (C=O) groups is 1. The molecule has 5 nitrogen and oxygen atoms in total. The summed E-state index contributed by atoms with van der Waals surface area (Å²) < 4.78 is 5.00. The second-order valence-electron chi connectivity index (χ2n) is 4.68. The van der Waals surface area contributed by atoms with Crippen molar-refractivity contribution in [1.82, 2.24) is 4.90 Å². The van der Waals surface area contributed by atoms with E-state index in [4.69, 9.17) is 4.74 Å². The van der Waals surface area contributed by atoms with E-state index in [9.17, 15) is 15.0 Å². The molecule has 0 aliphatic heterocycles. The third kappa shape index (κ3) is 3.25. The van der Waals surface area contributed by atoms with Crippen molar-refractivity contribution in [3.63, 3.8) is 0 Å². The molecule has 2 N–H and O–H groups in total. The Bertz CT molecular complexity index is 637. The smallest absolute Gasteiger partial charge is 0.257 e. The van der Waals surface area contributed by atoms with Crippen LogP contribution in [0, 0.1) is 0 Å². The van der Waals surface area contributed by atoms with E-state index in [0.29, 0.717) is 6.54 Å². The number of carbonyl (C=O) groups excluding carboxylic acids is 1. The van der Waals surface area contributed by atoms with Crippen molar-refractivity contribution in [3.05, 3.63) is 53.6 Å². The first-order valence-corrected chi connectivity index (χ1v) is 6.42. The van der Waals surface area contributed by atoms with Gasteiger partial charge in [0.1, 0.15) is 5.75 Å². The molecule has 0 saturated heterocycles. The van der Waals surface area contributed by atoms with Crippen molar-refractivity contribution >= 4 is 5.91 Å². The van der Waals surface area contributed by atoms with Gasteiger partial charge in [-0.05, 0) is 29.8 Å². The van der Waals surface area contributed by atoms with E-state index in [2.05, 4.69) is 0 Å². The fourth-order valence-corrected chi connectivity index (χ4v) is 2.01. The minimum atomic E-state index is -0.306. The molecule has 110 valence electrons. The summed E-state index contributed by atoms with van der Waals surface area (Å²) in [6.45, 7) is 0.371. The zero-order chi connectivity index (χ0) is 15.4. The molecule has 2 rings (SSSR count). The van der Waals surface area contributed by atoms with Gasteiger partial charge in [-0.2, -0.15) is 0 Å². The number of methoxy groups -OCH3 is 1. The number of aromatic hydroxyl groups is 2. The summed E-state index contributed by atoms with van der Waals surface area (Å²) in [5.74, 6) is -0.0286. The third-order valence-electron chi connectivity index (χ3n) is 3.15. The molecule has 0 saturated carbocycles. The Morgan fingerprint density at radius 2 is 1.81 bits per heavy atom. The molecule has 0 aromatic heterocycles. The number of ether oxygens (including phenoxy) is 1. The van der Waals surface area contributed by atoms with Crippen molar-refractivity contribution in [2.75, 3.05) is 14.2 Å². The minimum absolute atomic E-state index is 0.164. The van der Waals surface area contributed by atoms with Crippen LogP contribution in [-0.2, 0) is 6.54 Å². The molecule has 0 aliphatic carbocycles. The molecule has 0 atom stereocenters. The molecule has 5 heteroatoms. The first-order valence-electron chi connectivity index (χ1n) is 6.42. The number of benzene rings is 2. The molecule has 0 spiro atoms. The highest BCUT2D eigenvalue weighted by molar-refractivity contribution is 5.97. The van der Waals surface area contributed by atoms with Crippen LogP contribution < -0.4 is 4.74 Å². The van der Waals surface area contributed by atoms with Gasteiger partial charge in [0.15, 0.2) is 11.5 Å². The quantitative estimate of drug-likeness (QED) is 0.905. The van der Waals surface area contributed by atoms with Gasteiger partial charge >= 0.3 is 0 Å². The second-order valence-corrected chi connectivity index (χ2v) is 4.68. The summed E-state index contributed by atoms with van der Waals surface area (Å²) >= 11 is 0. The Morgan fingerprint density at radius 3 is 2.43 bits per heavy atom. The van der Waals surface area contributed by atoms with E-state index in [1.807, 2.05) is 0 Å². The fraction of sp³-hybridized carbons (Fsp3) is 0.188. The molecule has 0 heterocycles. The fourth-order valence-electron chi connectivity index (χ4n) is 2.01. The van der Waals surface area contributed by atoms with Gasteiger partial charge in [0.25, 0.3) is 5.91 Å². The van der Waals surface area contributed by atoms with Gasteiger partial charge in [-0.25, -0.2) is 0 Å². The van der Waals surface area contributed by atoms with Gasteiger partial charge in [-0.15, -0.1) is 0 Å². The van der Waals surface area contributed by atoms with Crippen molar-refractivity contribution in [1.29, 1.82) is 0 Å². The van der Waals surface area contributed by atoms with Crippen LogP contribution in [0.15, 0.2) is 42.5 Å². The maximum Gasteiger partial charge on any atom is 0.257 e. The molecule has 0 aliphatic rings. The predicted octanol–water partition coefficient (Wildman–Crippen LogP) is 2.38. The van der Waals surface area contributed by atoms with Gasteiger partial charge in [-0.1, -0.05) is 18.2 Å². The lowest BCUT2D eigenvalue weighted by Gasteiger charge is -2.18. The van der Waals surface area contributed by atoms with Crippen molar-refractivity contribution < 1.29 is 19.7 Å². The van der Waals surface area contributed by atoms with Gasteiger partial charge in [0, 0.05) is 13.6 Å². The molecular formula is C16H17NO4. The highest BCUT2D eigenvalue weighted by atomic mass is 16.5. The van der Waals surface area contributed by atoms with E-state index in [-0.39, 0.29) is 28.7 Å². The lowest BCUT2D eigenvalue weighted by atomic mass is 10.1. The van der Waals surface area contributed by atoms with E-state index < -0.39 is 0 Å². The lowest BCUT2D eigenvalue weighted by Crippen LogP contribution is -2.26. The standard InChI is InChI=1S/C16H17NO4/c1-17(10-11-6-8-12(18)9-7-11)16(20)13-4-3-5-14(21-2)15(13)19/h3-9,18-19H,10H2,1-2H3. The van der Waals surface area contributed by atoms with Crippen LogP contribution in [0.1, 0.15) is 15.9 Å². The summed E-state index contributed by atoms with van der Waals surface area (Å²) in [5, 5.41) is 19.2. The SMILES string of the molecule is COc1cccc(C(=O)N(C)Cc2ccc(O)cc2)c1O. The summed E-state index contributed by atoms with van der Waals surface area (Å²) in [4.78, 5) is 13.9. The summed E-state index contributed by atoms with van der Waals surface area (Å²) in [5.41, 5.74) is 1.07. The topological polar surface area (TPSA) is 70.0 Å². The lowest BCUT2D eigenvalue weighted by molar-refractivity contribution is 0.0781. The van der Waals surface area contributed by atoms with Crippen LogP contribution in [0.2, 0.25) is 0 Å². The zero-order valence-electron chi connectivity index (χ0n) is 11.9. The summed E-state index contributed by atoms with van der Waals surface area (Å²) in [6, 6.07) is 11.4. The monoisotopic (exact) mass is 287 g/mol. The Hall–Kier alpha value is -2.69. The Labute approximate surface area is 123 Å². The predicted molar refractivity (Wildman–Crippen MR) is 78.6 cm³/mol. The van der Waals surface area contributed by atoms with Crippen LogP contribution in [0.25, 0.3) is 0 Å². The number of phenolic OH excluding ortho intramolecular Hbond substituents is 2. The van der Waals surface area contributed by atoms with Crippen LogP contribution in [0.5, 0.6) is 17.2 Å². The van der Waals surface area contributed by atoms with Crippen LogP contribution in [0.4, 0.5) is 0 Å². The number of nitrogens with zero attached hydrogens (tertiary/aromatic N) is 1. The summed E-state index contributed by atoms with van der Waals surface area (Å²) in [6.07, 6.45) is 0. The average molecular weight is 287 g/mol. The van der Waals surface area contributed by atoms with Crippen molar-refractivity contribution in [2.24, 2.45) is 0 Å². The molecular weight excluding hydrogens is 270 g/mol. The Balaban J connectivity index is 2.17. The maximum absolute atomic E-state index is 12.4. The number of hydrogen-bond donors (Lipinski definition) is 2. The zero-order valence-corrected chi connectivity index (χ0v) is 11.9. The molecule has 1 amide bonds. The first-order chi connectivity index (χ1) is 10.0. The molecule has 2 aromatic carbocycles. The minimum Gasteiger partial charge on any atom is -0.508 e. The van der Waals surface area contributed by atoms with E-state index in [1.165, 1.54) is 12.0 Å². The van der Waals surface area contributed by atoms with E-state index in [0.717, 1.165) is 5.56 Å². The van der Waals surface area contributed by atoms with Crippen molar-refractivity contribution in [2.45, 2.75) is 6.54 Å². The molecule has 2 aromatic rings. The molecule has 0 radical (unpaired) electrons. The molecule has 0 fully saturated rings. The third-order valence-corrected chi connectivity index (χ3v) is 3.15. The summed E-state index contributed by atoms with van der Waals surface area (Å²) in [7, 11) is 3.08. The average Bonchev–Trinajstić information content (AvgIpc) is 2.49. The maximum atomic E-state index is 12.4. The van der Waals surface area contributed by atoms with E-state index >= 15 is 0 Å². The Morgan fingerprint density at radius 1 is 1.14 bits per heavy atom. The van der Waals surface area contributed by atoms with Gasteiger partial charge in [0.2, 0.25) is 0 Å². The largest absolute Gasteiger partial charge is 0.508 e. The van der Waals surface area contributed by atoms with Crippen LogP contribution in [-0.4, -0.2) is 35.2 Å².